The second kappa shape index (κ2) is 10.8. The molecule has 0 bridgehead atoms. The lowest BCUT2D eigenvalue weighted by Gasteiger charge is -2.37. The summed E-state index contributed by atoms with van der Waals surface area (Å²) in [7, 11) is 1.52. The number of fused-ring (bicyclic) bond motifs is 1. The molecule has 1 aliphatic carbocycles. The molecule has 6 nitrogen and oxygen atoms in total. The standard InChI is InChI=1S/C29H37F2N3O3/c1-18-14-25(35)23(26(15-18)37-5)16-32-28(36)27-20(3)34(24-9-7-6-8-22(24)27)19(2)21-10-12-33(13-11-21)17-29(4,30)31/h6-9,15,19,21H,10-14,16-17H2,1-5H3,(H,32,36)/t19-/m1/s1. The number of Topliss-reactive ketones (excluding diaryl/α,β-unsaturated/α-hetero) is 1. The minimum absolute atomic E-state index is 0.0444. The van der Waals surface area contributed by atoms with E-state index in [1.807, 2.05) is 49.1 Å². The average molecular weight is 514 g/mol. The highest BCUT2D eigenvalue weighted by Crippen LogP contribution is 2.36. The van der Waals surface area contributed by atoms with Crippen molar-refractivity contribution in [3.8, 4) is 0 Å². The van der Waals surface area contributed by atoms with E-state index in [0.29, 0.717) is 42.3 Å². The van der Waals surface area contributed by atoms with Crippen LogP contribution < -0.4 is 5.32 Å². The van der Waals surface area contributed by atoms with Gasteiger partial charge in [-0.15, -0.1) is 0 Å². The Bertz CT molecular complexity index is 1250. The third kappa shape index (κ3) is 5.79. The molecule has 1 aromatic carbocycles. The molecule has 37 heavy (non-hydrogen) atoms. The number of allylic oxidation sites excluding steroid dienone is 2. The van der Waals surface area contributed by atoms with Gasteiger partial charge in [0, 0.05) is 36.0 Å². The Morgan fingerprint density at radius 2 is 1.89 bits per heavy atom. The number of nitrogens with zero attached hydrogens (tertiary/aromatic N) is 2. The Hall–Kier alpha value is -3.00. The summed E-state index contributed by atoms with van der Waals surface area (Å²) < 4.78 is 34.6. The Labute approximate surface area is 217 Å². The summed E-state index contributed by atoms with van der Waals surface area (Å²) in [6, 6.07) is 7.95. The van der Waals surface area contributed by atoms with Crippen LogP contribution >= 0.6 is 0 Å². The third-order valence-electron chi connectivity index (χ3n) is 7.70. The maximum Gasteiger partial charge on any atom is 0.257 e. The molecule has 0 spiro atoms. The number of piperidine rings is 1. The van der Waals surface area contributed by atoms with Gasteiger partial charge in [-0.25, -0.2) is 8.78 Å². The summed E-state index contributed by atoms with van der Waals surface area (Å²) in [5.41, 5.74) is 3.84. The third-order valence-corrected chi connectivity index (χ3v) is 7.70. The van der Waals surface area contributed by atoms with Gasteiger partial charge >= 0.3 is 0 Å². The Morgan fingerprint density at radius 3 is 2.54 bits per heavy atom. The van der Waals surface area contributed by atoms with E-state index < -0.39 is 5.92 Å². The molecule has 0 saturated carbocycles. The Kier molecular flexibility index (Phi) is 7.88. The van der Waals surface area contributed by atoms with Gasteiger partial charge in [-0.3, -0.25) is 14.5 Å². The Morgan fingerprint density at radius 1 is 1.22 bits per heavy atom. The average Bonchev–Trinajstić information content (AvgIpc) is 3.13. The molecule has 1 aromatic heterocycles. The van der Waals surface area contributed by atoms with Crippen LogP contribution in [0.25, 0.3) is 10.9 Å². The maximum absolute atomic E-state index is 13.5. The van der Waals surface area contributed by atoms with E-state index in [4.69, 9.17) is 4.74 Å². The maximum atomic E-state index is 13.5. The summed E-state index contributed by atoms with van der Waals surface area (Å²) in [5, 5.41) is 3.81. The van der Waals surface area contributed by atoms with Crippen molar-refractivity contribution < 1.29 is 23.1 Å². The summed E-state index contributed by atoms with van der Waals surface area (Å²) >= 11 is 0. The minimum atomic E-state index is -2.69. The van der Waals surface area contributed by atoms with E-state index in [0.717, 1.165) is 41.9 Å². The van der Waals surface area contributed by atoms with Gasteiger partial charge in [0.15, 0.2) is 5.78 Å². The number of nitrogens with one attached hydrogen (secondary N) is 1. The van der Waals surface area contributed by atoms with Gasteiger partial charge in [0.05, 0.1) is 31.3 Å². The molecule has 1 N–H and O–H groups in total. The normalized spacial score (nSPS) is 18.8. The molecule has 1 amide bonds. The fourth-order valence-electron chi connectivity index (χ4n) is 5.88. The van der Waals surface area contributed by atoms with Gasteiger partial charge in [0.1, 0.15) is 5.76 Å². The number of hydrogen-bond donors (Lipinski definition) is 1. The van der Waals surface area contributed by atoms with Gasteiger partial charge < -0.3 is 14.6 Å². The highest BCUT2D eigenvalue weighted by atomic mass is 19.3. The second-order valence-corrected chi connectivity index (χ2v) is 10.6. The summed E-state index contributed by atoms with van der Waals surface area (Å²) in [6.07, 6.45) is 3.82. The van der Waals surface area contributed by atoms with Crippen LogP contribution in [0.15, 0.2) is 47.2 Å². The number of hydrogen-bond acceptors (Lipinski definition) is 4. The molecule has 0 unspecified atom stereocenters. The number of para-hydroxylation sites is 1. The number of likely N-dealkylation sites (tertiary alicyclic amines) is 1. The zero-order valence-electron chi connectivity index (χ0n) is 22.4. The summed E-state index contributed by atoms with van der Waals surface area (Å²) in [4.78, 5) is 27.9. The molecule has 2 heterocycles. The van der Waals surface area contributed by atoms with E-state index in [1.54, 1.807) is 0 Å². The van der Waals surface area contributed by atoms with Crippen LogP contribution in [0.3, 0.4) is 0 Å². The van der Waals surface area contributed by atoms with Crippen molar-refractivity contribution in [3.05, 3.63) is 58.5 Å². The topological polar surface area (TPSA) is 63.6 Å². The molecule has 1 fully saturated rings. The zero-order chi connectivity index (χ0) is 26.9. The summed E-state index contributed by atoms with van der Waals surface area (Å²) in [5.74, 6) is -2.16. The first-order valence-electron chi connectivity index (χ1n) is 13.0. The molecule has 200 valence electrons. The van der Waals surface area contributed by atoms with Crippen molar-refractivity contribution in [2.45, 2.75) is 58.9 Å². The number of ketones is 1. The second-order valence-electron chi connectivity index (χ2n) is 10.6. The smallest absolute Gasteiger partial charge is 0.257 e. The van der Waals surface area contributed by atoms with E-state index in [1.165, 1.54) is 7.11 Å². The first-order valence-corrected chi connectivity index (χ1v) is 13.0. The van der Waals surface area contributed by atoms with Crippen molar-refractivity contribution in [2.24, 2.45) is 5.92 Å². The minimum Gasteiger partial charge on any atom is -0.496 e. The zero-order valence-corrected chi connectivity index (χ0v) is 22.4. The van der Waals surface area contributed by atoms with Crippen LogP contribution in [0.4, 0.5) is 8.78 Å². The highest BCUT2D eigenvalue weighted by molar-refractivity contribution is 6.09. The number of alkyl halides is 2. The van der Waals surface area contributed by atoms with E-state index in [-0.39, 0.29) is 30.8 Å². The van der Waals surface area contributed by atoms with Gasteiger partial charge in [-0.05, 0) is 64.8 Å². The van der Waals surface area contributed by atoms with Gasteiger partial charge in [0.25, 0.3) is 11.8 Å². The molecular weight excluding hydrogens is 476 g/mol. The van der Waals surface area contributed by atoms with Gasteiger partial charge in [-0.2, -0.15) is 0 Å². The van der Waals surface area contributed by atoms with Gasteiger partial charge in [-0.1, -0.05) is 23.8 Å². The monoisotopic (exact) mass is 513 g/mol. The molecule has 2 aromatic rings. The van der Waals surface area contributed by atoms with Crippen molar-refractivity contribution >= 4 is 22.6 Å². The van der Waals surface area contributed by atoms with E-state index in [9.17, 15) is 18.4 Å². The van der Waals surface area contributed by atoms with Crippen LogP contribution in [-0.2, 0) is 9.53 Å². The molecule has 2 aliphatic rings. The number of ether oxygens (including phenoxy) is 1. The van der Waals surface area contributed by atoms with Crippen molar-refractivity contribution in [3.63, 3.8) is 0 Å². The van der Waals surface area contributed by atoms with Gasteiger partial charge in [0.2, 0.25) is 0 Å². The fourth-order valence-corrected chi connectivity index (χ4v) is 5.88. The Balaban J connectivity index is 1.56. The van der Waals surface area contributed by atoms with E-state index >= 15 is 0 Å². The number of carbonyl (C=O) groups is 2. The van der Waals surface area contributed by atoms with Crippen molar-refractivity contribution in [1.29, 1.82) is 0 Å². The highest BCUT2D eigenvalue weighted by Gasteiger charge is 2.32. The molecule has 1 saturated heterocycles. The summed E-state index contributed by atoms with van der Waals surface area (Å²) in [6.45, 7) is 8.14. The number of amides is 1. The molecule has 1 aliphatic heterocycles. The molecule has 1 atom stereocenters. The van der Waals surface area contributed by atoms with Crippen LogP contribution in [0.5, 0.6) is 0 Å². The SMILES string of the molecule is COC1=C(CNC(=O)c2c(C)n([C@H](C)C3CCN(CC(C)(F)F)CC3)c3ccccc23)C(=O)CC(C)=C1. The molecule has 8 heteroatoms. The predicted octanol–water partition coefficient (Wildman–Crippen LogP) is 5.43. The number of methoxy groups -OCH3 is 1. The number of aromatic nitrogens is 1. The fraction of sp³-hybridized carbons (Fsp3) is 0.517. The predicted molar refractivity (Wildman–Crippen MR) is 141 cm³/mol. The molecule has 4 rings (SSSR count). The molecular formula is C29H37F2N3O3. The first-order chi connectivity index (χ1) is 17.5. The van der Waals surface area contributed by atoms with Crippen molar-refractivity contribution in [2.75, 3.05) is 33.3 Å². The lowest BCUT2D eigenvalue weighted by atomic mass is 9.89. The number of carbonyl (C=O) groups excluding carboxylic acids is 2. The number of rotatable bonds is 8. The number of halogens is 2. The number of benzene rings is 1. The largest absolute Gasteiger partial charge is 0.496 e. The van der Waals surface area contributed by atoms with Crippen LogP contribution in [0, 0.1) is 12.8 Å². The van der Waals surface area contributed by atoms with E-state index in [2.05, 4.69) is 16.8 Å². The lowest BCUT2D eigenvalue weighted by Crippen LogP contribution is -2.41. The van der Waals surface area contributed by atoms with Crippen molar-refractivity contribution in [1.82, 2.24) is 14.8 Å². The quantitative estimate of drug-likeness (QED) is 0.512. The van der Waals surface area contributed by atoms with Crippen LogP contribution in [-0.4, -0.2) is 60.4 Å². The molecule has 0 radical (unpaired) electrons. The first kappa shape index (κ1) is 27.0. The lowest BCUT2D eigenvalue weighted by molar-refractivity contribution is -0.115. The van der Waals surface area contributed by atoms with Crippen LogP contribution in [0.1, 0.15) is 62.1 Å². The van der Waals surface area contributed by atoms with Crippen LogP contribution in [0.2, 0.25) is 0 Å².